The predicted octanol–water partition coefficient (Wildman–Crippen LogP) is 5.88. The van der Waals surface area contributed by atoms with Gasteiger partial charge >= 0.3 is 0 Å². The molecule has 35 heavy (non-hydrogen) atoms. The Labute approximate surface area is 201 Å². The summed E-state index contributed by atoms with van der Waals surface area (Å²) >= 11 is 0. The van der Waals surface area contributed by atoms with Gasteiger partial charge in [-0.25, -0.2) is 15.0 Å². The zero-order valence-electron chi connectivity index (χ0n) is 19.3. The minimum atomic E-state index is -0.0965. The number of fused-ring (bicyclic) bond motifs is 4. The van der Waals surface area contributed by atoms with Gasteiger partial charge in [-0.3, -0.25) is 13.9 Å². The fourth-order valence-electron chi connectivity index (χ4n) is 4.29. The van der Waals surface area contributed by atoms with Gasteiger partial charge in [0.15, 0.2) is 11.3 Å². The fraction of sp³-hybridized carbons (Fsp3) is 0.143. The number of rotatable bonds is 6. The highest BCUT2D eigenvalue weighted by Gasteiger charge is 2.20. The number of ether oxygens (including phenoxy) is 1. The second-order valence-electron chi connectivity index (χ2n) is 8.42. The van der Waals surface area contributed by atoms with E-state index < -0.39 is 0 Å². The lowest BCUT2D eigenvalue weighted by atomic mass is 10.3. The number of unbranched alkanes of at least 4 members (excludes halogenated alkanes) is 1. The van der Waals surface area contributed by atoms with E-state index in [1.54, 1.807) is 10.9 Å². The van der Waals surface area contributed by atoms with Crippen LogP contribution in [0, 0.1) is 0 Å². The molecule has 0 spiro atoms. The number of benzene rings is 3. The van der Waals surface area contributed by atoms with Gasteiger partial charge in [0.25, 0.3) is 5.56 Å². The Morgan fingerprint density at radius 1 is 0.800 bits per heavy atom. The molecule has 0 bridgehead atoms. The van der Waals surface area contributed by atoms with Crippen molar-refractivity contribution < 1.29 is 4.74 Å². The molecule has 0 aliphatic heterocycles. The van der Waals surface area contributed by atoms with Gasteiger partial charge < -0.3 is 4.74 Å². The molecule has 0 saturated carbocycles. The number of nitrogens with zero attached hydrogens (tertiary/aromatic N) is 5. The molecule has 3 aromatic carbocycles. The first kappa shape index (κ1) is 21.0. The predicted molar refractivity (Wildman–Crippen MR) is 137 cm³/mol. The van der Waals surface area contributed by atoms with Crippen LogP contribution in [0.15, 0.2) is 90.0 Å². The maximum atomic E-state index is 13.5. The maximum Gasteiger partial charge on any atom is 0.265 e. The lowest BCUT2D eigenvalue weighted by Crippen LogP contribution is -2.20. The zero-order chi connectivity index (χ0) is 23.8. The number of para-hydroxylation sites is 3. The van der Waals surface area contributed by atoms with Crippen LogP contribution in [-0.2, 0) is 6.54 Å². The summed E-state index contributed by atoms with van der Waals surface area (Å²) < 4.78 is 9.52. The summed E-state index contributed by atoms with van der Waals surface area (Å²) in [6, 6.07) is 25.0. The summed E-state index contributed by atoms with van der Waals surface area (Å²) in [4.78, 5) is 28.0. The third-order valence-corrected chi connectivity index (χ3v) is 6.06. The number of aromatic nitrogens is 5. The van der Waals surface area contributed by atoms with Crippen LogP contribution in [0.3, 0.4) is 0 Å². The average Bonchev–Trinajstić information content (AvgIpc) is 3.22. The van der Waals surface area contributed by atoms with Crippen molar-refractivity contribution in [3.05, 3.63) is 95.5 Å². The molecule has 3 aromatic heterocycles. The molecule has 7 nitrogen and oxygen atoms in total. The number of hydrogen-bond acceptors (Lipinski definition) is 5. The molecule has 0 radical (unpaired) electrons. The highest BCUT2D eigenvalue weighted by atomic mass is 16.5. The van der Waals surface area contributed by atoms with Gasteiger partial charge in [0.1, 0.15) is 22.4 Å². The van der Waals surface area contributed by atoms with E-state index in [1.165, 1.54) is 0 Å². The molecule has 7 heteroatoms. The van der Waals surface area contributed by atoms with Crippen LogP contribution in [0.25, 0.3) is 38.9 Å². The van der Waals surface area contributed by atoms with E-state index in [9.17, 15) is 4.79 Å². The summed E-state index contributed by atoms with van der Waals surface area (Å²) in [5, 5.41) is 0.487. The quantitative estimate of drug-likeness (QED) is 0.310. The summed E-state index contributed by atoms with van der Waals surface area (Å²) in [7, 11) is 0. The molecule has 6 aromatic rings. The van der Waals surface area contributed by atoms with Crippen LogP contribution in [0.1, 0.15) is 19.8 Å². The van der Waals surface area contributed by atoms with Crippen LogP contribution in [0.2, 0.25) is 0 Å². The highest BCUT2D eigenvalue weighted by Crippen LogP contribution is 2.30. The van der Waals surface area contributed by atoms with Gasteiger partial charge in [0.2, 0.25) is 0 Å². The van der Waals surface area contributed by atoms with Crippen LogP contribution in [0.5, 0.6) is 11.5 Å². The topological polar surface area (TPSA) is 74.8 Å². The van der Waals surface area contributed by atoms with Crippen LogP contribution >= 0.6 is 0 Å². The largest absolute Gasteiger partial charge is 0.457 e. The van der Waals surface area contributed by atoms with Crippen LogP contribution in [0.4, 0.5) is 0 Å². The Kier molecular flexibility index (Phi) is 5.22. The van der Waals surface area contributed by atoms with Crippen molar-refractivity contribution in [3.63, 3.8) is 0 Å². The van der Waals surface area contributed by atoms with Gasteiger partial charge in [0, 0.05) is 12.2 Å². The third-order valence-electron chi connectivity index (χ3n) is 6.06. The first-order valence-electron chi connectivity index (χ1n) is 11.7. The first-order chi connectivity index (χ1) is 17.2. The van der Waals surface area contributed by atoms with E-state index in [2.05, 4.69) is 6.92 Å². The van der Waals surface area contributed by atoms with Gasteiger partial charge in [-0.2, -0.15) is 0 Å². The Morgan fingerprint density at radius 3 is 2.23 bits per heavy atom. The normalized spacial score (nSPS) is 11.5. The maximum absolute atomic E-state index is 13.5. The van der Waals surface area contributed by atoms with Crippen molar-refractivity contribution in [2.24, 2.45) is 0 Å². The third kappa shape index (κ3) is 3.71. The molecule has 6 rings (SSSR count). The van der Waals surface area contributed by atoms with Gasteiger partial charge in [-0.1, -0.05) is 43.7 Å². The molecule has 3 heterocycles. The molecule has 0 unspecified atom stereocenters. The van der Waals surface area contributed by atoms with Crippen LogP contribution < -0.4 is 10.3 Å². The minimum absolute atomic E-state index is 0.0965. The van der Waals surface area contributed by atoms with Crippen LogP contribution in [-0.4, -0.2) is 24.1 Å². The van der Waals surface area contributed by atoms with Gasteiger partial charge in [-0.15, -0.1) is 0 Å². The smallest absolute Gasteiger partial charge is 0.265 e. The Hall–Kier alpha value is -4.52. The van der Waals surface area contributed by atoms with Crippen molar-refractivity contribution in [2.45, 2.75) is 26.3 Å². The SMILES string of the molecule is CCCCn1cnc2c(c1=O)c1nc3ccccc3nc1n2-c1ccc(Oc2ccccc2)cc1. The molecule has 0 amide bonds. The van der Waals surface area contributed by atoms with Crippen molar-refractivity contribution in [2.75, 3.05) is 0 Å². The Morgan fingerprint density at radius 2 is 1.49 bits per heavy atom. The van der Waals surface area contributed by atoms with E-state index >= 15 is 0 Å². The molecular formula is C28H23N5O2. The molecule has 0 aliphatic rings. The monoisotopic (exact) mass is 461 g/mol. The average molecular weight is 462 g/mol. The van der Waals surface area contributed by atoms with Crippen molar-refractivity contribution in [1.29, 1.82) is 0 Å². The van der Waals surface area contributed by atoms with E-state index in [0.29, 0.717) is 34.5 Å². The van der Waals surface area contributed by atoms with E-state index in [1.807, 2.05) is 83.4 Å². The molecule has 0 fully saturated rings. The zero-order valence-corrected chi connectivity index (χ0v) is 19.3. The summed E-state index contributed by atoms with van der Waals surface area (Å²) in [5.74, 6) is 1.48. The standard InChI is InChI=1S/C28H23N5O2/c1-2-3-17-32-18-29-26-24(28(32)34)25-27(31-23-12-8-7-11-22(23)30-25)33(26)19-13-15-21(16-14-19)35-20-9-5-4-6-10-20/h4-16,18H,2-3,17H2,1H3. The van der Waals surface area contributed by atoms with Gasteiger partial charge in [-0.05, 0) is 55.0 Å². The molecule has 0 aliphatic carbocycles. The Balaban J connectivity index is 1.55. The number of hydrogen-bond donors (Lipinski definition) is 0. The van der Waals surface area contributed by atoms with E-state index in [-0.39, 0.29) is 5.56 Å². The second kappa shape index (κ2) is 8.68. The molecular weight excluding hydrogens is 438 g/mol. The molecule has 172 valence electrons. The highest BCUT2D eigenvalue weighted by molar-refractivity contribution is 6.05. The van der Waals surface area contributed by atoms with E-state index in [4.69, 9.17) is 19.7 Å². The Bertz CT molecular complexity index is 1720. The summed E-state index contributed by atoms with van der Waals surface area (Å²) in [6.45, 7) is 2.73. The molecule has 0 atom stereocenters. The first-order valence-corrected chi connectivity index (χ1v) is 11.7. The van der Waals surface area contributed by atoms with Crippen molar-refractivity contribution in [1.82, 2.24) is 24.1 Å². The summed E-state index contributed by atoms with van der Waals surface area (Å²) in [6.07, 6.45) is 3.53. The fourth-order valence-corrected chi connectivity index (χ4v) is 4.29. The lowest BCUT2D eigenvalue weighted by Gasteiger charge is -2.09. The van der Waals surface area contributed by atoms with Crippen molar-refractivity contribution >= 4 is 33.2 Å². The lowest BCUT2D eigenvalue weighted by molar-refractivity contribution is 0.482. The summed E-state index contributed by atoms with van der Waals surface area (Å²) in [5.41, 5.74) is 3.95. The number of aryl methyl sites for hydroxylation is 1. The van der Waals surface area contributed by atoms with E-state index in [0.717, 1.165) is 35.3 Å². The minimum Gasteiger partial charge on any atom is -0.457 e. The van der Waals surface area contributed by atoms with Gasteiger partial charge in [0.05, 0.1) is 17.4 Å². The second-order valence-corrected chi connectivity index (χ2v) is 8.42. The van der Waals surface area contributed by atoms with Crippen molar-refractivity contribution in [3.8, 4) is 17.2 Å². The molecule has 0 N–H and O–H groups in total. The molecule has 0 saturated heterocycles.